The molecule has 0 radical (unpaired) electrons. The molecule has 2 nitrogen and oxygen atoms in total. The Kier molecular flexibility index (Phi) is 4.46. The number of alkyl halides is 2. The van der Waals surface area contributed by atoms with Crippen LogP contribution in [-0.4, -0.2) is 41.7 Å². The minimum Gasteiger partial charge on any atom is -0.396 e. The van der Waals surface area contributed by atoms with Crippen LogP contribution in [0.2, 0.25) is 0 Å². The van der Waals surface area contributed by atoms with Crippen LogP contribution in [0.4, 0.5) is 8.78 Å². The summed E-state index contributed by atoms with van der Waals surface area (Å²) in [5.41, 5.74) is -0.566. The van der Waals surface area contributed by atoms with Crippen molar-refractivity contribution >= 4 is 0 Å². The molecule has 2 aliphatic carbocycles. The number of piperidine rings is 1. The lowest BCUT2D eigenvalue weighted by molar-refractivity contribution is 0.00415. The molecule has 0 amide bonds. The number of aliphatic hydroxyl groups is 1. The van der Waals surface area contributed by atoms with Crippen molar-refractivity contribution in [3.8, 4) is 0 Å². The van der Waals surface area contributed by atoms with E-state index < -0.39 is 11.3 Å². The van der Waals surface area contributed by atoms with Gasteiger partial charge >= 0.3 is 0 Å². The second-order valence-electron chi connectivity index (χ2n) is 7.30. The van der Waals surface area contributed by atoms with E-state index in [9.17, 15) is 13.9 Å². The van der Waals surface area contributed by atoms with Gasteiger partial charge in [-0.25, -0.2) is 8.78 Å². The lowest BCUT2D eigenvalue weighted by Crippen LogP contribution is -2.46. The molecule has 0 bridgehead atoms. The number of halogens is 2. The standard InChI is InChI=1S/C13H21F2NO.C3H8/c1-10-6-12(7-13(12,14)15)4-5-16(10)8-11(9-17)2-3-11;1-3-2/h10,17H,2-9H2,1H3;3H2,1-2H3. The van der Waals surface area contributed by atoms with Gasteiger partial charge < -0.3 is 5.11 Å². The van der Waals surface area contributed by atoms with Gasteiger partial charge in [-0.15, -0.1) is 0 Å². The van der Waals surface area contributed by atoms with E-state index in [1.165, 1.54) is 6.42 Å². The van der Waals surface area contributed by atoms with Gasteiger partial charge in [0, 0.05) is 36.4 Å². The fourth-order valence-electron chi connectivity index (χ4n) is 3.46. The highest BCUT2D eigenvalue weighted by Crippen LogP contribution is 2.66. The highest BCUT2D eigenvalue weighted by molar-refractivity contribution is 5.13. The Labute approximate surface area is 121 Å². The molecule has 2 atom stereocenters. The zero-order chi connectivity index (χ0) is 15.0. The molecule has 1 spiro atoms. The lowest BCUT2D eigenvalue weighted by Gasteiger charge is -2.39. The van der Waals surface area contributed by atoms with Gasteiger partial charge in [-0.2, -0.15) is 0 Å². The highest BCUT2D eigenvalue weighted by atomic mass is 19.3. The van der Waals surface area contributed by atoms with E-state index in [2.05, 4.69) is 25.7 Å². The van der Waals surface area contributed by atoms with Crippen LogP contribution in [0.3, 0.4) is 0 Å². The van der Waals surface area contributed by atoms with Crippen LogP contribution in [0, 0.1) is 10.8 Å². The molecule has 1 aliphatic heterocycles. The van der Waals surface area contributed by atoms with Gasteiger partial charge in [0.25, 0.3) is 5.92 Å². The quantitative estimate of drug-likeness (QED) is 0.856. The van der Waals surface area contributed by atoms with Crippen molar-refractivity contribution < 1.29 is 13.9 Å². The highest BCUT2D eigenvalue weighted by Gasteiger charge is 2.71. The van der Waals surface area contributed by atoms with Crippen LogP contribution >= 0.6 is 0 Å². The molecule has 20 heavy (non-hydrogen) atoms. The van der Waals surface area contributed by atoms with Gasteiger partial charge in [0.2, 0.25) is 0 Å². The fourth-order valence-corrected chi connectivity index (χ4v) is 3.46. The summed E-state index contributed by atoms with van der Waals surface area (Å²) in [5.74, 6) is -2.40. The van der Waals surface area contributed by atoms with Crippen LogP contribution in [0.1, 0.15) is 59.3 Å². The van der Waals surface area contributed by atoms with Gasteiger partial charge in [0.1, 0.15) is 0 Å². The Balaban J connectivity index is 0.000000452. The number of likely N-dealkylation sites (tertiary alicyclic amines) is 1. The van der Waals surface area contributed by atoms with E-state index in [1.54, 1.807) is 0 Å². The van der Waals surface area contributed by atoms with E-state index in [4.69, 9.17) is 0 Å². The molecule has 118 valence electrons. The Hall–Kier alpha value is -0.220. The molecule has 1 heterocycles. The van der Waals surface area contributed by atoms with Gasteiger partial charge in [-0.05, 0) is 39.2 Å². The molecule has 2 unspecified atom stereocenters. The number of hydrogen-bond acceptors (Lipinski definition) is 2. The Morgan fingerprint density at radius 1 is 1.20 bits per heavy atom. The molecule has 1 N–H and O–H groups in total. The molecular formula is C16H29F2NO. The third-order valence-corrected chi connectivity index (χ3v) is 5.23. The van der Waals surface area contributed by atoms with E-state index in [1.807, 2.05) is 0 Å². The molecule has 2 saturated carbocycles. The Bertz CT molecular complexity index is 343. The largest absolute Gasteiger partial charge is 0.396 e. The number of nitrogens with zero attached hydrogens (tertiary/aromatic N) is 1. The SMILES string of the molecule is CC1CC2(CCN1CC1(CO)CC1)CC2(F)F.CCC. The van der Waals surface area contributed by atoms with E-state index in [-0.39, 0.29) is 24.5 Å². The summed E-state index contributed by atoms with van der Waals surface area (Å²) >= 11 is 0. The first-order chi connectivity index (χ1) is 9.34. The number of rotatable bonds is 3. The van der Waals surface area contributed by atoms with Crippen LogP contribution in [0.15, 0.2) is 0 Å². The topological polar surface area (TPSA) is 23.5 Å². The van der Waals surface area contributed by atoms with Crippen molar-refractivity contribution in [1.29, 1.82) is 0 Å². The van der Waals surface area contributed by atoms with Crippen molar-refractivity contribution in [2.75, 3.05) is 19.7 Å². The third-order valence-electron chi connectivity index (χ3n) is 5.23. The van der Waals surface area contributed by atoms with E-state index in [0.717, 1.165) is 25.9 Å². The molecule has 0 aromatic heterocycles. The normalized spacial score (nSPS) is 37.2. The summed E-state index contributed by atoms with van der Waals surface area (Å²) in [5, 5.41) is 9.32. The minimum absolute atomic E-state index is 0.101. The first kappa shape index (κ1) is 16.2. The monoisotopic (exact) mass is 289 g/mol. The lowest BCUT2D eigenvalue weighted by atomic mass is 9.87. The number of aliphatic hydroxyl groups excluding tert-OH is 1. The van der Waals surface area contributed by atoms with Crippen molar-refractivity contribution in [2.24, 2.45) is 10.8 Å². The maximum absolute atomic E-state index is 13.3. The average molecular weight is 289 g/mol. The van der Waals surface area contributed by atoms with E-state index in [0.29, 0.717) is 12.8 Å². The van der Waals surface area contributed by atoms with Crippen molar-refractivity contribution in [3.05, 3.63) is 0 Å². The smallest absolute Gasteiger partial charge is 0.254 e. The van der Waals surface area contributed by atoms with Gasteiger partial charge in [-0.1, -0.05) is 20.3 Å². The summed E-state index contributed by atoms with van der Waals surface area (Å²) in [4.78, 5) is 2.31. The zero-order valence-corrected chi connectivity index (χ0v) is 13.1. The molecule has 1 saturated heterocycles. The first-order valence-corrected chi connectivity index (χ1v) is 8.06. The molecule has 0 aromatic rings. The van der Waals surface area contributed by atoms with Crippen molar-refractivity contribution in [3.63, 3.8) is 0 Å². The van der Waals surface area contributed by atoms with E-state index >= 15 is 0 Å². The number of hydrogen-bond donors (Lipinski definition) is 1. The van der Waals surface area contributed by atoms with Crippen molar-refractivity contribution in [2.45, 2.75) is 71.3 Å². The zero-order valence-electron chi connectivity index (χ0n) is 13.1. The Morgan fingerprint density at radius 3 is 2.10 bits per heavy atom. The maximum Gasteiger partial charge on any atom is 0.254 e. The molecule has 3 fully saturated rings. The minimum atomic E-state index is -2.40. The van der Waals surface area contributed by atoms with Crippen LogP contribution in [-0.2, 0) is 0 Å². The van der Waals surface area contributed by atoms with Crippen LogP contribution < -0.4 is 0 Å². The second-order valence-corrected chi connectivity index (χ2v) is 7.30. The molecule has 4 heteroatoms. The molecule has 0 aromatic carbocycles. The predicted octanol–water partition coefficient (Wildman–Crippen LogP) is 3.68. The fraction of sp³-hybridized carbons (Fsp3) is 1.00. The Morgan fingerprint density at radius 2 is 1.75 bits per heavy atom. The maximum atomic E-state index is 13.3. The summed E-state index contributed by atoms with van der Waals surface area (Å²) in [6, 6.07) is 0.237. The summed E-state index contributed by atoms with van der Waals surface area (Å²) in [6.45, 7) is 8.23. The third kappa shape index (κ3) is 3.01. The van der Waals surface area contributed by atoms with Gasteiger partial charge in [0.15, 0.2) is 0 Å². The summed E-state index contributed by atoms with van der Waals surface area (Å²) < 4.78 is 26.7. The molecule has 3 rings (SSSR count). The van der Waals surface area contributed by atoms with Gasteiger partial charge in [-0.3, -0.25) is 4.90 Å². The van der Waals surface area contributed by atoms with Crippen LogP contribution in [0.25, 0.3) is 0 Å². The second kappa shape index (κ2) is 5.53. The first-order valence-electron chi connectivity index (χ1n) is 8.06. The van der Waals surface area contributed by atoms with Crippen LogP contribution in [0.5, 0.6) is 0 Å². The molecule has 3 aliphatic rings. The average Bonchev–Trinajstić information content (AvgIpc) is 3.23. The molecular weight excluding hydrogens is 260 g/mol. The summed E-state index contributed by atoms with van der Waals surface area (Å²) in [7, 11) is 0. The van der Waals surface area contributed by atoms with Gasteiger partial charge in [0.05, 0.1) is 0 Å². The summed E-state index contributed by atoms with van der Waals surface area (Å²) in [6.07, 6.45) is 4.79. The van der Waals surface area contributed by atoms with Crippen molar-refractivity contribution in [1.82, 2.24) is 4.90 Å². The predicted molar refractivity (Wildman–Crippen MR) is 77.0 cm³/mol.